The van der Waals surface area contributed by atoms with Gasteiger partial charge in [-0.15, -0.1) is 0 Å². The fourth-order valence-electron chi connectivity index (χ4n) is 1.43. The fraction of sp³-hybridized carbons (Fsp3) is 0.0833. The Bertz CT molecular complexity index is 622. The summed E-state index contributed by atoms with van der Waals surface area (Å²) in [6.45, 7) is 0. The van der Waals surface area contributed by atoms with E-state index in [0.717, 1.165) is 0 Å². The zero-order valence-corrected chi connectivity index (χ0v) is 12.2. The van der Waals surface area contributed by atoms with Crippen molar-refractivity contribution in [1.29, 1.82) is 0 Å². The van der Waals surface area contributed by atoms with Gasteiger partial charge in [-0.1, -0.05) is 11.6 Å². The van der Waals surface area contributed by atoms with Crippen LogP contribution < -0.4 is 10.1 Å². The number of pyridine rings is 2. The summed E-state index contributed by atoms with van der Waals surface area (Å²) in [5, 5.41) is 2.88. The van der Waals surface area contributed by atoms with Crippen LogP contribution >= 0.6 is 27.5 Å². The van der Waals surface area contributed by atoms with Gasteiger partial charge in [-0.3, -0.25) is 9.78 Å². The number of carbonyl (C=O) groups excluding carboxylic acids is 1. The highest BCUT2D eigenvalue weighted by Gasteiger charge is 2.14. The lowest BCUT2D eigenvalue weighted by atomic mass is 10.2. The Kier molecular flexibility index (Phi) is 4.34. The van der Waals surface area contributed by atoms with Crippen LogP contribution in [0.25, 0.3) is 0 Å². The summed E-state index contributed by atoms with van der Waals surface area (Å²) in [5.41, 5.74) is 0.786. The minimum Gasteiger partial charge on any atom is -0.494 e. The van der Waals surface area contributed by atoms with Gasteiger partial charge in [-0.25, -0.2) is 4.98 Å². The molecule has 0 spiro atoms. The molecule has 0 bridgehead atoms. The van der Waals surface area contributed by atoms with Gasteiger partial charge in [0, 0.05) is 16.9 Å². The van der Waals surface area contributed by atoms with Crippen molar-refractivity contribution in [3.8, 4) is 5.75 Å². The zero-order valence-electron chi connectivity index (χ0n) is 9.85. The molecule has 0 aliphatic rings. The summed E-state index contributed by atoms with van der Waals surface area (Å²) in [6, 6.07) is 3.23. The predicted octanol–water partition coefficient (Wildman–Crippen LogP) is 3.15. The number of aromatic nitrogens is 2. The standard InChI is InChI=1S/C12H9BrClN3O2/c1-19-10-6-15-3-2-8(10)12(18)17-9-4-7(13)5-16-11(9)14/h2-6H,1H3,(H,17,18). The molecule has 0 fully saturated rings. The van der Waals surface area contributed by atoms with Gasteiger partial charge in [0.2, 0.25) is 0 Å². The minimum absolute atomic E-state index is 0.213. The number of methoxy groups -OCH3 is 1. The molecule has 0 atom stereocenters. The molecule has 7 heteroatoms. The monoisotopic (exact) mass is 341 g/mol. The number of amides is 1. The van der Waals surface area contributed by atoms with Crippen LogP contribution in [0.3, 0.4) is 0 Å². The average molecular weight is 343 g/mol. The van der Waals surface area contributed by atoms with Gasteiger partial charge >= 0.3 is 0 Å². The Morgan fingerprint density at radius 3 is 3.00 bits per heavy atom. The molecule has 2 aromatic rings. The lowest BCUT2D eigenvalue weighted by molar-refractivity contribution is 0.102. The van der Waals surface area contributed by atoms with Gasteiger partial charge in [-0.05, 0) is 28.1 Å². The van der Waals surface area contributed by atoms with Crippen LogP contribution in [-0.2, 0) is 0 Å². The van der Waals surface area contributed by atoms with Crippen molar-refractivity contribution in [2.24, 2.45) is 0 Å². The Morgan fingerprint density at radius 2 is 2.26 bits per heavy atom. The number of carbonyl (C=O) groups is 1. The Morgan fingerprint density at radius 1 is 1.47 bits per heavy atom. The second-order valence-electron chi connectivity index (χ2n) is 3.52. The van der Waals surface area contributed by atoms with Crippen molar-refractivity contribution in [3.63, 3.8) is 0 Å². The van der Waals surface area contributed by atoms with Crippen molar-refractivity contribution < 1.29 is 9.53 Å². The second kappa shape index (κ2) is 5.99. The first kappa shape index (κ1) is 13.8. The van der Waals surface area contributed by atoms with E-state index in [1.807, 2.05) is 0 Å². The molecule has 0 aliphatic heterocycles. The number of nitrogens with zero attached hydrogens (tertiary/aromatic N) is 2. The van der Waals surface area contributed by atoms with Gasteiger partial charge in [0.05, 0.1) is 24.6 Å². The first-order chi connectivity index (χ1) is 9.11. The third kappa shape index (κ3) is 3.21. The number of hydrogen-bond donors (Lipinski definition) is 1. The third-order valence-corrected chi connectivity index (χ3v) is 3.04. The van der Waals surface area contributed by atoms with E-state index in [1.165, 1.54) is 19.5 Å². The van der Waals surface area contributed by atoms with Crippen molar-refractivity contribution >= 4 is 39.1 Å². The molecule has 0 saturated heterocycles. The Labute approximate surface area is 123 Å². The van der Waals surface area contributed by atoms with E-state index in [4.69, 9.17) is 16.3 Å². The summed E-state index contributed by atoms with van der Waals surface area (Å²) in [4.78, 5) is 20.0. The molecule has 0 aliphatic carbocycles. The number of hydrogen-bond acceptors (Lipinski definition) is 4. The van der Waals surface area contributed by atoms with E-state index >= 15 is 0 Å². The Hall–Kier alpha value is -1.66. The first-order valence-electron chi connectivity index (χ1n) is 5.22. The van der Waals surface area contributed by atoms with Crippen molar-refractivity contribution in [3.05, 3.63) is 45.9 Å². The van der Waals surface area contributed by atoms with Crippen molar-refractivity contribution in [1.82, 2.24) is 9.97 Å². The SMILES string of the molecule is COc1cnccc1C(=O)Nc1cc(Br)cnc1Cl. The highest BCUT2D eigenvalue weighted by molar-refractivity contribution is 9.10. The number of anilines is 1. The molecule has 1 N–H and O–H groups in total. The molecule has 5 nitrogen and oxygen atoms in total. The summed E-state index contributed by atoms with van der Waals surface area (Å²) in [7, 11) is 1.47. The van der Waals surface area contributed by atoms with Gasteiger partial charge in [0.1, 0.15) is 5.75 Å². The highest BCUT2D eigenvalue weighted by atomic mass is 79.9. The van der Waals surface area contributed by atoms with Gasteiger partial charge < -0.3 is 10.1 Å². The summed E-state index contributed by atoms with van der Waals surface area (Å²) < 4.78 is 5.79. The van der Waals surface area contributed by atoms with Crippen LogP contribution in [0, 0.1) is 0 Å². The maximum Gasteiger partial charge on any atom is 0.259 e. The lowest BCUT2D eigenvalue weighted by Crippen LogP contribution is -2.14. The van der Waals surface area contributed by atoms with Crippen LogP contribution in [0.2, 0.25) is 5.15 Å². The molecular weight excluding hydrogens is 334 g/mol. The molecule has 98 valence electrons. The molecule has 0 saturated carbocycles. The van der Waals surface area contributed by atoms with E-state index < -0.39 is 0 Å². The van der Waals surface area contributed by atoms with E-state index in [1.54, 1.807) is 18.3 Å². The van der Waals surface area contributed by atoms with E-state index in [-0.39, 0.29) is 11.1 Å². The number of nitrogens with one attached hydrogen (secondary N) is 1. The van der Waals surface area contributed by atoms with Crippen molar-refractivity contribution in [2.75, 3.05) is 12.4 Å². The van der Waals surface area contributed by atoms with E-state index in [0.29, 0.717) is 21.5 Å². The molecule has 2 rings (SSSR count). The third-order valence-electron chi connectivity index (χ3n) is 2.30. The zero-order chi connectivity index (χ0) is 13.8. The molecule has 0 aromatic carbocycles. The second-order valence-corrected chi connectivity index (χ2v) is 4.80. The van der Waals surface area contributed by atoms with Crippen LogP contribution in [0.5, 0.6) is 5.75 Å². The summed E-state index contributed by atoms with van der Waals surface area (Å²) in [6.07, 6.45) is 4.53. The highest BCUT2D eigenvalue weighted by Crippen LogP contribution is 2.24. The molecule has 2 aromatic heterocycles. The summed E-state index contributed by atoms with van der Waals surface area (Å²) in [5.74, 6) is 0.0418. The van der Waals surface area contributed by atoms with Crippen LogP contribution in [0.15, 0.2) is 35.2 Å². The number of rotatable bonds is 3. The molecular formula is C12H9BrClN3O2. The van der Waals surface area contributed by atoms with Crippen LogP contribution in [-0.4, -0.2) is 23.0 Å². The van der Waals surface area contributed by atoms with E-state index in [2.05, 4.69) is 31.2 Å². The topological polar surface area (TPSA) is 64.1 Å². The smallest absolute Gasteiger partial charge is 0.259 e. The normalized spacial score (nSPS) is 10.1. The Balaban J connectivity index is 2.28. The minimum atomic E-state index is -0.346. The quantitative estimate of drug-likeness (QED) is 0.870. The first-order valence-corrected chi connectivity index (χ1v) is 6.39. The van der Waals surface area contributed by atoms with Gasteiger partial charge in [-0.2, -0.15) is 0 Å². The van der Waals surface area contributed by atoms with Gasteiger partial charge in [0.15, 0.2) is 5.15 Å². The maximum atomic E-state index is 12.1. The molecule has 2 heterocycles. The molecule has 0 unspecified atom stereocenters. The number of halogens is 2. The molecule has 1 amide bonds. The largest absolute Gasteiger partial charge is 0.494 e. The fourth-order valence-corrected chi connectivity index (χ4v) is 1.91. The van der Waals surface area contributed by atoms with E-state index in [9.17, 15) is 4.79 Å². The number of ether oxygens (including phenoxy) is 1. The lowest BCUT2D eigenvalue weighted by Gasteiger charge is -2.09. The predicted molar refractivity (Wildman–Crippen MR) is 75.7 cm³/mol. The van der Waals surface area contributed by atoms with Crippen LogP contribution in [0.1, 0.15) is 10.4 Å². The van der Waals surface area contributed by atoms with Crippen molar-refractivity contribution in [2.45, 2.75) is 0 Å². The average Bonchev–Trinajstić information content (AvgIpc) is 2.42. The molecule has 0 radical (unpaired) electrons. The van der Waals surface area contributed by atoms with Gasteiger partial charge in [0.25, 0.3) is 5.91 Å². The maximum absolute atomic E-state index is 12.1. The molecule has 19 heavy (non-hydrogen) atoms. The summed E-state index contributed by atoms with van der Waals surface area (Å²) >= 11 is 9.17. The van der Waals surface area contributed by atoms with Crippen LogP contribution in [0.4, 0.5) is 5.69 Å².